The number of carbonyl (C=O) groups is 1. The van der Waals surface area contributed by atoms with E-state index in [1.165, 1.54) is 11.8 Å². The normalized spacial score (nSPS) is 17.4. The summed E-state index contributed by atoms with van der Waals surface area (Å²) in [5.74, 6) is 0.0352. The van der Waals surface area contributed by atoms with Gasteiger partial charge in [0.2, 0.25) is 5.91 Å². The van der Waals surface area contributed by atoms with E-state index >= 15 is 0 Å². The zero-order chi connectivity index (χ0) is 13.3. The summed E-state index contributed by atoms with van der Waals surface area (Å²) in [4.78, 5) is 22.3. The molecule has 1 saturated heterocycles. The lowest BCUT2D eigenvalue weighted by atomic mass is 10.1. The van der Waals surface area contributed by atoms with Crippen molar-refractivity contribution < 1.29 is 9.90 Å². The first-order valence-corrected chi connectivity index (χ1v) is 6.79. The summed E-state index contributed by atoms with van der Waals surface area (Å²) in [7, 11) is 0. The Morgan fingerprint density at radius 3 is 2.50 bits per heavy atom. The molecular weight excluding hydrogens is 250 g/mol. The summed E-state index contributed by atoms with van der Waals surface area (Å²) < 4.78 is 0. The zero-order valence-corrected chi connectivity index (χ0v) is 11.6. The van der Waals surface area contributed by atoms with Crippen LogP contribution in [0.5, 0.6) is 0 Å². The van der Waals surface area contributed by atoms with Crippen molar-refractivity contribution in [2.24, 2.45) is 0 Å². The number of β-amino-alcohol motifs (C(OH)–C–C–N with tert-alkyl or cyclic N) is 1. The Morgan fingerprint density at radius 1 is 1.44 bits per heavy atom. The van der Waals surface area contributed by atoms with Crippen molar-refractivity contribution in [3.8, 4) is 0 Å². The maximum atomic E-state index is 12.0. The molecule has 0 spiro atoms. The zero-order valence-electron chi connectivity index (χ0n) is 10.8. The van der Waals surface area contributed by atoms with E-state index in [4.69, 9.17) is 0 Å². The second-order valence-electron chi connectivity index (χ2n) is 4.59. The van der Waals surface area contributed by atoms with E-state index in [2.05, 4.69) is 9.97 Å². The van der Waals surface area contributed by atoms with Crippen LogP contribution >= 0.6 is 11.8 Å². The molecule has 6 heteroatoms. The third-order valence-corrected chi connectivity index (χ3v) is 3.71. The highest BCUT2D eigenvalue weighted by Gasteiger charge is 2.32. The standard InChI is InChI=1S/C12H17N3O2S/c1-7-4-8(2)14-12(13-7)18-9(3)11(17)15-5-10(16)6-15/h4,9-10,16H,5-6H2,1-3H3. The predicted octanol–water partition coefficient (Wildman–Crippen LogP) is 0.777. The molecule has 98 valence electrons. The van der Waals surface area contributed by atoms with E-state index in [1.807, 2.05) is 26.8 Å². The minimum absolute atomic E-state index is 0.0352. The molecule has 1 N–H and O–H groups in total. The molecule has 1 aliphatic heterocycles. The molecule has 1 aromatic rings. The summed E-state index contributed by atoms with van der Waals surface area (Å²) in [6.07, 6.45) is -0.358. The Hall–Kier alpha value is -1.14. The van der Waals surface area contributed by atoms with Gasteiger partial charge in [-0.2, -0.15) is 0 Å². The minimum atomic E-state index is -0.358. The predicted molar refractivity (Wildman–Crippen MR) is 69.4 cm³/mol. The number of hydrogen-bond acceptors (Lipinski definition) is 5. The Bertz CT molecular complexity index is 440. The number of thioether (sulfide) groups is 1. The van der Waals surface area contributed by atoms with E-state index in [-0.39, 0.29) is 17.3 Å². The SMILES string of the molecule is Cc1cc(C)nc(SC(C)C(=O)N2CC(O)C2)n1. The summed E-state index contributed by atoms with van der Waals surface area (Å²) in [5, 5.41) is 9.60. The summed E-state index contributed by atoms with van der Waals surface area (Å²) in [6.45, 7) is 6.56. The number of hydrogen-bond donors (Lipinski definition) is 1. The molecule has 18 heavy (non-hydrogen) atoms. The quantitative estimate of drug-likeness (QED) is 0.647. The van der Waals surface area contributed by atoms with Crippen LogP contribution in [0.4, 0.5) is 0 Å². The number of aryl methyl sites for hydroxylation is 2. The molecule has 0 bridgehead atoms. The van der Waals surface area contributed by atoms with Crippen molar-refractivity contribution in [1.29, 1.82) is 0 Å². The molecule has 1 fully saturated rings. The van der Waals surface area contributed by atoms with Gasteiger partial charge in [0.05, 0.1) is 11.4 Å². The lowest BCUT2D eigenvalue weighted by molar-refractivity contribution is -0.140. The van der Waals surface area contributed by atoms with Gasteiger partial charge in [-0.05, 0) is 26.8 Å². The number of amides is 1. The molecule has 1 aliphatic rings. The number of carbonyl (C=O) groups excluding carboxylic acids is 1. The number of rotatable bonds is 3. The van der Waals surface area contributed by atoms with Gasteiger partial charge in [0.15, 0.2) is 5.16 Å². The molecular formula is C12H17N3O2S. The number of nitrogens with zero attached hydrogens (tertiary/aromatic N) is 3. The highest BCUT2D eigenvalue weighted by Crippen LogP contribution is 2.23. The van der Waals surface area contributed by atoms with Crippen LogP contribution in [0.15, 0.2) is 11.2 Å². The largest absolute Gasteiger partial charge is 0.389 e. The third-order valence-electron chi connectivity index (χ3n) is 2.77. The lowest BCUT2D eigenvalue weighted by Crippen LogP contribution is -2.55. The first kappa shape index (κ1) is 13.3. The van der Waals surface area contributed by atoms with E-state index in [0.29, 0.717) is 18.2 Å². The van der Waals surface area contributed by atoms with E-state index in [1.54, 1.807) is 4.90 Å². The molecule has 1 aromatic heterocycles. The van der Waals surface area contributed by atoms with Crippen LogP contribution in [0.1, 0.15) is 18.3 Å². The molecule has 0 radical (unpaired) electrons. The molecule has 5 nitrogen and oxygen atoms in total. The van der Waals surface area contributed by atoms with Crippen LogP contribution in [0.2, 0.25) is 0 Å². The second-order valence-corrected chi connectivity index (χ2v) is 5.90. The second kappa shape index (κ2) is 5.24. The van der Waals surface area contributed by atoms with E-state index in [9.17, 15) is 9.90 Å². The Balaban J connectivity index is 1.98. The van der Waals surface area contributed by atoms with Crippen LogP contribution in [-0.4, -0.2) is 50.3 Å². The molecule has 0 saturated carbocycles. The molecule has 1 atom stereocenters. The van der Waals surface area contributed by atoms with Gasteiger partial charge in [0.1, 0.15) is 0 Å². The fraction of sp³-hybridized carbons (Fsp3) is 0.583. The first-order chi connectivity index (χ1) is 8.45. The molecule has 0 aliphatic carbocycles. The van der Waals surface area contributed by atoms with Gasteiger partial charge in [-0.1, -0.05) is 11.8 Å². The van der Waals surface area contributed by atoms with Crippen LogP contribution in [0.25, 0.3) is 0 Å². The van der Waals surface area contributed by atoms with Gasteiger partial charge in [-0.25, -0.2) is 9.97 Å². The number of aromatic nitrogens is 2. The Kier molecular flexibility index (Phi) is 3.87. The van der Waals surface area contributed by atoms with Crippen molar-refractivity contribution in [3.05, 3.63) is 17.5 Å². The topological polar surface area (TPSA) is 66.3 Å². The fourth-order valence-corrected chi connectivity index (χ4v) is 2.81. The third kappa shape index (κ3) is 3.00. The molecule has 0 aromatic carbocycles. The fourth-order valence-electron chi connectivity index (χ4n) is 1.85. The van der Waals surface area contributed by atoms with Gasteiger partial charge < -0.3 is 10.0 Å². The smallest absolute Gasteiger partial charge is 0.236 e. The van der Waals surface area contributed by atoms with E-state index in [0.717, 1.165) is 11.4 Å². The Labute approximate surface area is 111 Å². The van der Waals surface area contributed by atoms with Crippen LogP contribution in [0.3, 0.4) is 0 Å². The van der Waals surface area contributed by atoms with Crippen molar-refractivity contribution >= 4 is 17.7 Å². The highest BCUT2D eigenvalue weighted by molar-refractivity contribution is 8.00. The molecule has 2 rings (SSSR count). The van der Waals surface area contributed by atoms with Crippen LogP contribution in [-0.2, 0) is 4.79 Å². The summed E-state index contributed by atoms with van der Waals surface area (Å²) >= 11 is 1.36. The maximum Gasteiger partial charge on any atom is 0.236 e. The Morgan fingerprint density at radius 2 is 2.00 bits per heavy atom. The maximum absolute atomic E-state index is 12.0. The molecule has 2 heterocycles. The van der Waals surface area contributed by atoms with Crippen LogP contribution in [0, 0.1) is 13.8 Å². The highest BCUT2D eigenvalue weighted by atomic mass is 32.2. The summed E-state index contributed by atoms with van der Waals surface area (Å²) in [6, 6.07) is 1.91. The van der Waals surface area contributed by atoms with E-state index < -0.39 is 0 Å². The average molecular weight is 267 g/mol. The number of aliphatic hydroxyl groups is 1. The van der Waals surface area contributed by atoms with Crippen LogP contribution < -0.4 is 0 Å². The number of likely N-dealkylation sites (tertiary alicyclic amines) is 1. The molecule has 1 unspecified atom stereocenters. The monoisotopic (exact) mass is 267 g/mol. The van der Waals surface area contributed by atoms with Gasteiger partial charge >= 0.3 is 0 Å². The number of aliphatic hydroxyl groups excluding tert-OH is 1. The van der Waals surface area contributed by atoms with Crippen molar-refractivity contribution in [1.82, 2.24) is 14.9 Å². The van der Waals surface area contributed by atoms with Gasteiger partial charge in [0.25, 0.3) is 0 Å². The summed E-state index contributed by atoms with van der Waals surface area (Å²) in [5.41, 5.74) is 1.81. The minimum Gasteiger partial charge on any atom is -0.389 e. The van der Waals surface area contributed by atoms with Gasteiger partial charge in [-0.3, -0.25) is 4.79 Å². The first-order valence-electron chi connectivity index (χ1n) is 5.91. The van der Waals surface area contributed by atoms with Gasteiger partial charge in [0, 0.05) is 24.5 Å². The average Bonchev–Trinajstić information content (AvgIpc) is 2.22. The van der Waals surface area contributed by atoms with Gasteiger partial charge in [-0.15, -0.1) is 0 Å². The lowest BCUT2D eigenvalue weighted by Gasteiger charge is -2.37. The molecule has 1 amide bonds. The van der Waals surface area contributed by atoms with Crippen molar-refractivity contribution in [2.45, 2.75) is 37.3 Å². The van der Waals surface area contributed by atoms with Crippen molar-refractivity contribution in [3.63, 3.8) is 0 Å². The van der Waals surface area contributed by atoms with Crippen molar-refractivity contribution in [2.75, 3.05) is 13.1 Å².